The number of halogens is 1. The highest BCUT2D eigenvalue weighted by Crippen LogP contribution is 2.48. The number of rotatable bonds is 4. The van der Waals surface area contributed by atoms with Crippen LogP contribution in [-0.2, 0) is 5.41 Å². The minimum Gasteiger partial charge on any atom is -1.00 e. The van der Waals surface area contributed by atoms with Crippen molar-refractivity contribution in [2.45, 2.75) is 56.0 Å². The number of quaternary nitrogens is 1. The molecule has 2 aliphatic rings. The minimum atomic E-state index is -0.449. The van der Waals surface area contributed by atoms with E-state index in [4.69, 9.17) is 0 Å². The predicted octanol–water partition coefficient (Wildman–Crippen LogP) is 2.42. The van der Waals surface area contributed by atoms with E-state index in [0.717, 1.165) is 18.5 Å². The Morgan fingerprint density at radius 3 is 2.04 bits per heavy atom. The van der Waals surface area contributed by atoms with Crippen LogP contribution < -0.4 is 17.0 Å². The SMILES string of the molecule is C[N+]1(C)[C@@H]2CCC[C@H]1C[C@@H](CC(C#N)(c1cccs1)c1cccs1)C2.[Br-]. The Bertz CT molecular complexity index is 695. The molecular weight excluding hydrogens is 424 g/mol. The van der Waals surface area contributed by atoms with Gasteiger partial charge < -0.3 is 21.5 Å². The topological polar surface area (TPSA) is 23.8 Å². The van der Waals surface area contributed by atoms with Crippen molar-refractivity contribution in [3.63, 3.8) is 0 Å². The van der Waals surface area contributed by atoms with Crippen molar-refractivity contribution < 1.29 is 21.5 Å². The third kappa shape index (κ3) is 3.30. The van der Waals surface area contributed by atoms with E-state index in [1.54, 1.807) is 22.7 Å². The Morgan fingerprint density at radius 2 is 1.62 bits per heavy atom. The molecule has 0 saturated carbocycles. The van der Waals surface area contributed by atoms with Gasteiger partial charge in [-0.1, -0.05) is 12.1 Å². The lowest BCUT2D eigenvalue weighted by Crippen LogP contribution is -3.00. The van der Waals surface area contributed by atoms with Gasteiger partial charge in [-0.05, 0) is 54.5 Å². The molecule has 2 bridgehead atoms. The molecule has 3 atom stereocenters. The number of fused-ring (bicyclic) bond motifs is 2. The Labute approximate surface area is 175 Å². The molecule has 5 heteroatoms. The predicted molar refractivity (Wildman–Crippen MR) is 106 cm³/mol. The molecule has 2 aromatic rings. The molecule has 2 aliphatic heterocycles. The fourth-order valence-corrected chi connectivity index (χ4v) is 7.19. The van der Waals surface area contributed by atoms with Gasteiger partial charge in [-0.15, -0.1) is 22.7 Å². The first-order valence-corrected chi connectivity index (χ1v) is 11.1. The summed E-state index contributed by atoms with van der Waals surface area (Å²) >= 11 is 3.49. The normalized spacial score (nSPS) is 27.3. The van der Waals surface area contributed by atoms with Gasteiger partial charge in [-0.2, -0.15) is 5.26 Å². The van der Waals surface area contributed by atoms with Gasteiger partial charge in [-0.3, -0.25) is 0 Å². The van der Waals surface area contributed by atoms with E-state index >= 15 is 0 Å². The second kappa shape index (κ2) is 7.75. The maximum absolute atomic E-state index is 10.3. The van der Waals surface area contributed by atoms with Gasteiger partial charge in [0.2, 0.25) is 0 Å². The van der Waals surface area contributed by atoms with Crippen LogP contribution in [0, 0.1) is 17.2 Å². The number of nitriles is 1. The monoisotopic (exact) mass is 450 g/mol. The maximum Gasteiger partial charge on any atom is 0.126 e. The summed E-state index contributed by atoms with van der Waals surface area (Å²) in [4.78, 5) is 2.45. The highest BCUT2D eigenvalue weighted by atomic mass is 79.9. The number of thiophene rings is 2. The molecule has 2 aromatic heterocycles. The van der Waals surface area contributed by atoms with Crippen LogP contribution in [0.5, 0.6) is 0 Å². The molecule has 0 aromatic carbocycles. The van der Waals surface area contributed by atoms with Crippen LogP contribution in [0.3, 0.4) is 0 Å². The lowest BCUT2D eigenvalue weighted by atomic mass is 9.69. The molecular formula is C21H27BrN2S2. The summed E-state index contributed by atoms with van der Waals surface area (Å²) in [6.45, 7) is 0. The van der Waals surface area contributed by atoms with Gasteiger partial charge in [0.25, 0.3) is 0 Å². The first-order valence-electron chi connectivity index (χ1n) is 9.39. The average molecular weight is 451 g/mol. The van der Waals surface area contributed by atoms with Crippen molar-refractivity contribution in [3.8, 4) is 6.07 Å². The fourth-order valence-electron chi connectivity index (χ4n) is 5.32. The van der Waals surface area contributed by atoms with Crippen LogP contribution in [0.4, 0.5) is 0 Å². The molecule has 0 unspecified atom stereocenters. The Hall–Kier alpha value is -0.670. The van der Waals surface area contributed by atoms with Crippen molar-refractivity contribution in [1.29, 1.82) is 5.26 Å². The van der Waals surface area contributed by atoms with Gasteiger partial charge in [0.1, 0.15) is 5.41 Å². The maximum atomic E-state index is 10.3. The molecule has 0 N–H and O–H groups in total. The van der Waals surface area contributed by atoms with Crippen molar-refractivity contribution in [3.05, 3.63) is 44.8 Å². The first-order chi connectivity index (χ1) is 12.1. The van der Waals surface area contributed by atoms with Crippen LogP contribution in [-0.4, -0.2) is 30.7 Å². The van der Waals surface area contributed by atoms with E-state index in [1.165, 1.54) is 46.3 Å². The van der Waals surface area contributed by atoms with Gasteiger partial charge in [0, 0.05) is 22.6 Å². The number of piperidine rings is 2. The van der Waals surface area contributed by atoms with Gasteiger partial charge in [0.15, 0.2) is 0 Å². The molecule has 140 valence electrons. The molecule has 0 amide bonds. The highest BCUT2D eigenvalue weighted by Gasteiger charge is 2.49. The van der Waals surface area contributed by atoms with Crippen molar-refractivity contribution in [2.75, 3.05) is 14.1 Å². The highest BCUT2D eigenvalue weighted by molar-refractivity contribution is 7.11. The summed E-state index contributed by atoms with van der Waals surface area (Å²) in [5.41, 5.74) is -0.449. The molecule has 0 radical (unpaired) electrons. The molecule has 0 aliphatic carbocycles. The van der Waals surface area contributed by atoms with Crippen molar-refractivity contribution in [2.24, 2.45) is 5.92 Å². The number of hydrogen-bond acceptors (Lipinski definition) is 3. The minimum absolute atomic E-state index is 0. The van der Waals surface area contributed by atoms with E-state index in [2.05, 4.69) is 55.2 Å². The number of hydrogen-bond donors (Lipinski definition) is 0. The van der Waals surface area contributed by atoms with E-state index in [9.17, 15) is 5.26 Å². The van der Waals surface area contributed by atoms with Crippen LogP contribution in [0.1, 0.15) is 48.3 Å². The molecule has 0 spiro atoms. The zero-order chi connectivity index (χ0) is 17.5. The fraction of sp³-hybridized carbons (Fsp3) is 0.571. The molecule has 4 heterocycles. The lowest BCUT2D eigenvalue weighted by Gasteiger charge is -2.54. The second-order valence-electron chi connectivity index (χ2n) is 8.38. The molecule has 26 heavy (non-hydrogen) atoms. The van der Waals surface area contributed by atoms with Crippen LogP contribution in [0.25, 0.3) is 0 Å². The van der Waals surface area contributed by atoms with Crippen LogP contribution in [0.2, 0.25) is 0 Å². The standard InChI is InChI=1S/C21H27N2S2.BrH/c1-23(2)17-6-3-7-18(23)13-16(12-17)14-21(15-22,19-8-4-10-24-19)20-9-5-11-25-20;/h4-5,8-11,16-18H,3,6-7,12-14H2,1-2H3;1H/q+1;/p-1/t16-,17+,18-;. The van der Waals surface area contributed by atoms with Gasteiger partial charge in [0.05, 0.1) is 32.2 Å². The zero-order valence-corrected chi connectivity index (χ0v) is 18.7. The van der Waals surface area contributed by atoms with E-state index in [0.29, 0.717) is 5.92 Å². The largest absolute Gasteiger partial charge is 1.00 e. The van der Waals surface area contributed by atoms with Crippen molar-refractivity contribution >= 4 is 22.7 Å². The van der Waals surface area contributed by atoms with Crippen molar-refractivity contribution in [1.82, 2.24) is 0 Å². The molecule has 2 nitrogen and oxygen atoms in total. The van der Waals surface area contributed by atoms with Crippen LogP contribution >= 0.6 is 22.7 Å². The van der Waals surface area contributed by atoms with Gasteiger partial charge >= 0.3 is 0 Å². The average Bonchev–Trinajstić information content (AvgIpc) is 3.27. The summed E-state index contributed by atoms with van der Waals surface area (Å²) in [7, 11) is 4.86. The molecule has 2 fully saturated rings. The van der Waals surface area contributed by atoms with E-state index < -0.39 is 5.41 Å². The summed E-state index contributed by atoms with van der Waals surface area (Å²) in [5.74, 6) is 0.658. The third-order valence-corrected chi connectivity index (χ3v) is 8.90. The van der Waals surface area contributed by atoms with E-state index in [-0.39, 0.29) is 17.0 Å². The Balaban J connectivity index is 0.00000196. The molecule has 2 saturated heterocycles. The zero-order valence-electron chi connectivity index (χ0n) is 15.5. The third-order valence-electron chi connectivity index (χ3n) is 6.84. The summed E-state index contributed by atoms with van der Waals surface area (Å²) in [6.07, 6.45) is 7.66. The van der Waals surface area contributed by atoms with E-state index in [1.807, 2.05) is 0 Å². The van der Waals surface area contributed by atoms with Gasteiger partial charge in [-0.25, -0.2) is 0 Å². The second-order valence-corrected chi connectivity index (χ2v) is 10.3. The quantitative estimate of drug-likeness (QED) is 0.656. The summed E-state index contributed by atoms with van der Waals surface area (Å²) in [5, 5.41) is 14.5. The Kier molecular flexibility index (Phi) is 5.99. The summed E-state index contributed by atoms with van der Waals surface area (Å²) in [6, 6.07) is 12.8. The smallest absolute Gasteiger partial charge is 0.126 e. The molecule has 4 rings (SSSR count). The number of nitrogens with zero attached hydrogens (tertiary/aromatic N) is 2. The first kappa shape index (κ1) is 20.1. The summed E-state index contributed by atoms with van der Waals surface area (Å²) < 4.78 is 1.20. The lowest BCUT2D eigenvalue weighted by molar-refractivity contribution is -0.950. The Morgan fingerprint density at radius 1 is 1.08 bits per heavy atom. The van der Waals surface area contributed by atoms with Crippen LogP contribution in [0.15, 0.2) is 35.0 Å².